The van der Waals surface area contributed by atoms with Crippen LogP contribution >= 0.6 is 0 Å². The van der Waals surface area contributed by atoms with E-state index in [0.717, 1.165) is 5.56 Å². The smallest absolute Gasteiger partial charge is 0.407 e. The van der Waals surface area contributed by atoms with Crippen molar-refractivity contribution in [2.24, 2.45) is 5.92 Å². The van der Waals surface area contributed by atoms with Gasteiger partial charge in [0.05, 0.1) is 11.7 Å². The van der Waals surface area contributed by atoms with Gasteiger partial charge in [0.15, 0.2) is 0 Å². The summed E-state index contributed by atoms with van der Waals surface area (Å²) in [6.07, 6.45) is -0.510. The van der Waals surface area contributed by atoms with Gasteiger partial charge in [0.2, 0.25) is 0 Å². The average molecular weight is 353 g/mol. The highest BCUT2D eigenvalue weighted by atomic mass is 16.5. The Morgan fingerprint density at radius 2 is 1.92 bits per heavy atom. The van der Waals surface area contributed by atoms with Gasteiger partial charge in [-0.1, -0.05) is 50.2 Å². The van der Waals surface area contributed by atoms with Crippen molar-refractivity contribution in [3.05, 3.63) is 59.7 Å². The topological polar surface area (TPSA) is 97.4 Å². The highest BCUT2D eigenvalue weighted by Crippen LogP contribution is 2.23. The van der Waals surface area contributed by atoms with E-state index in [0.29, 0.717) is 17.0 Å². The SMILES string of the molecule is CC(C)C(COc1cccc(N)c1C#N)NC(=O)OCc1ccccc1. The fourth-order valence-corrected chi connectivity index (χ4v) is 2.28. The summed E-state index contributed by atoms with van der Waals surface area (Å²) in [6, 6.07) is 16.3. The van der Waals surface area contributed by atoms with E-state index >= 15 is 0 Å². The number of anilines is 1. The summed E-state index contributed by atoms with van der Waals surface area (Å²) in [5, 5.41) is 12.0. The number of rotatable bonds is 7. The van der Waals surface area contributed by atoms with Gasteiger partial charge in [0.1, 0.15) is 30.6 Å². The van der Waals surface area contributed by atoms with E-state index in [4.69, 9.17) is 15.2 Å². The van der Waals surface area contributed by atoms with Gasteiger partial charge < -0.3 is 20.5 Å². The molecule has 0 aliphatic heterocycles. The van der Waals surface area contributed by atoms with E-state index in [2.05, 4.69) is 5.32 Å². The fraction of sp³-hybridized carbons (Fsp3) is 0.300. The molecule has 2 rings (SSSR count). The van der Waals surface area contributed by atoms with Gasteiger partial charge in [-0.05, 0) is 23.6 Å². The molecular weight excluding hydrogens is 330 g/mol. The van der Waals surface area contributed by atoms with Gasteiger partial charge in [0, 0.05) is 0 Å². The molecule has 0 aromatic heterocycles. The van der Waals surface area contributed by atoms with Crippen LogP contribution in [0.15, 0.2) is 48.5 Å². The van der Waals surface area contributed by atoms with Crippen molar-refractivity contribution in [3.63, 3.8) is 0 Å². The minimum Gasteiger partial charge on any atom is -0.490 e. The van der Waals surface area contributed by atoms with Crippen molar-refractivity contribution in [3.8, 4) is 11.8 Å². The quantitative estimate of drug-likeness (QED) is 0.743. The number of hydrogen-bond acceptors (Lipinski definition) is 5. The molecule has 0 spiro atoms. The van der Waals surface area contributed by atoms with Crippen LogP contribution in [0.1, 0.15) is 25.0 Å². The molecule has 2 aromatic rings. The highest BCUT2D eigenvalue weighted by Gasteiger charge is 2.19. The van der Waals surface area contributed by atoms with Crippen LogP contribution in [-0.4, -0.2) is 18.7 Å². The lowest BCUT2D eigenvalue weighted by atomic mass is 10.1. The third kappa shape index (κ3) is 5.42. The number of alkyl carbamates (subject to hydrolysis) is 1. The Morgan fingerprint density at radius 3 is 2.58 bits per heavy atom. The third-order valence-electron chi connectivity index (χ3n) is 3.91. The lowest BCUT2D eigenvalue weighted by Gasteiger charge is -2.22. The molecule has 2 aromatic carbocycles. The molecule has 0 aliphatic rings. The van der Waals surface area contributed by atoms with E-state index in [1.165, 1.54) is 0 Å². The van der Waals surface area contributed by atoms with E-state index in [1.807, 2.05) is 50.2 Å². The molecule has 0 saturated carbocycles. The maximum absolute atomic E-state index is 12.1. The van der Waals surface area contributed by atoms with Gasteiger partial charge in [-0.2, -0.15) is 5.26 Å². The molecule has 0 aliphatic carbocycles. The van der Waals surface area contributed by atoms with Crippen LogP contribution in [0.4, 0.5) is 10.5 Å². The molecule has 6 heteroatoms. The largest absolute Gasteiger partial charge is 0.490 e. The van der Waals surface area contributed by atoms with Crippen LogP contribution < -0.4 is 15.8 Å². The number of benzene rings is 2. The first-order chi connectivity index (χ1) is 12.5. The molecule has 0 fully saturated rings. The Morgan fingerprint density at radius 1 is 1.19 bits per heavy atom. The van der Waals surface area contributed by atoms with Crippen molar-refractivity contribution in [2.75, 3.05) is 12.3 Å². The van der Waals surface area contributed by atoms with Crippen LogP contribution in [0.5, 0.6) is 5.75 Å². The van der Waals surface area contributed by atoms with Crippen LogP contribution in [0.2, 0.25) is 0 Å². The number of nitriles is 1. The Bertz CT molecular complexity index is 770. The Kier molecular flexibility index (Phi) is 6.86. The summed E-state index contributed by atoms with van der Waals surface area (Å²) in [5.74, 6) is 0.517. The lowest BCUT2D eigenvalue weighted by molar-refractivity contribution is 0.125. The first-order valence-electron chi connectivity index (χ1n) is 8.40. The number of carbonyl (C=O) groups is 1. The summed E-state index contributed by atoms with van der Waals surface area (Å²) >= 11 is 0. The Hall–Kier alpha value is -3.20. The van der Waals surface area contributed by atoms with Crippen molar-refractivity contribution in [1.29, 1.82) is 5.26 Å². The van der Waals surface area contributed by atoms with Crippen molar-refractivity contribution < 1.29 is 14.3 Å². The maximum Gasteiger partial charge on any atom is 0.407 e. The second-order valence-electron chi connectivity index (χ2n) is 6.20. The van der Waals surface area contributed by atoms with E-state index in [-0.39, 0.29) is 25.2 Å². The predicted octanol–water partition coefficient (Wildman–Crippen LogP) is 3.47. The standard InChI is InChI=1S/C20H23N3O3/c1-14(2)18(13-25-19-10-6-9-17(22)16(19)11-21)23-20(24)26-12-15-7-4-3-5-8-15/h3-10,14,18H,12-13,22H2,1-2H3,(H,23,24). The Labute approximate surface area is 153 Å². The molecule has 0 heterocycles. The predicted molar refractivity (Wildman–Crippen MR) is 99.5 cm³/mol. The molecule has 26 heavy (non-hydrogen) atoms. The van der Waals surface area contributed by atoms with Crippen LogP contribution in [0.3, 0.4) is 0 Å². The summed E-state index contributed by atoms with van der Waals surface area (Å²) in [4.78, 5) is 12.1. The molecule has 0 bridgehead atoms. The molecule has 6 nitrogen and oxygen atoms in total. The molecule has 0 radical (unpaired) electrons. The number of ether oxygens (including phenoxy) is 2. The maximum atomic E-state index is 12.1. The number of carbonyl (C=O) groups excluding carboxylic acids is 1. The number of nitrogens with zero attached hydrogens (tertiary/aromatic N) is 1. The summed E-state index contributed by atoms with van der Waals surface area (Å²) in [5.41, 5.74) is 7.35. The number of hydrogen-bond donors (Lipinski definition) is 2. The second-order valence-corrected chi connectivity index (χ2v) is 6.20. The monoisotopic (exact) mass is 353 g/mol. The Balaban J connectivity index is 1.91. The van der Waals surface area contributed by atoms with Gasteiger partial charge in [-0.25, -0.2) is 4.79 Å². The zero-order valence-corrected chi connectivity index (χ0v) is 14.9. The first-order valence-corrected chi connectivity index (χ1v) is 8.40. The summed E-state index contributed by atoms with van der Waals surface area (Å²) in [7, 11) is 0. The summed E-state index contributed by atoms with van der Waals surface area (Å²) in [6.45, 7) is 4.34. The lowest BCUT2D eigenvalue weighted by Crippen LogP contribution is -2.43. The van der Waals surface area contributed by atoms with Gasteiger partial charge in [-0.3, -0.25) is 0 Å². The fourth-order valence-electron chi connectivity index (χ4n) is 2.28. The first kappa shape index (κ1) is 19.1. The molecule has 1 unspecified atom stereocenters. The molecule has 1 atom stereocenters. The molecule has 3 N–H and O–H groups in total. The van der Waals surface area contributed by atoms with Crippen LogP contribution in [-0.2, 0) is 11.3 Å². The third-order valence-corrected chi connectivity index (χ3v) is 3.91. The minimum atomic E-state index is -0.510. The van der Waals surface area contributed by atoms with Gasteiger partial charge in [-0.15, -0.1) is 0 Å². The van der Waals surface area contributed by atoms with Crippen molar-refractivity contribution in [1.82, 2.24) is 5.32 Å². The number of nitrogen functional groups attached to an aromatic ring is 1. The molecule has 1 amide bonds. The minimum absolute atomic E-state index is 0.117. The van der Waals surface area contributed by atoms with Gasteiger partial charge >= 0.3 is 6.09 Å². The second kappa shape index (κ2) is 9.33. The molecule has 136 valence electrons. The number of nitrogens with two attached hydrogens (primary N) is 1. The average Bonchev–Trinajstić information content (AvgIpc) is 2.64. The molecular formula is C20H23N3O3. The highest BCUT2D eigenvalue weighted by molar-refractivity contribution is 5.67. The summed E-state index contributed by atoms with van der Waals surface area (Å²) < 4.78 is 11.0. The van der Waals surface area contributed by atoms with Gasteiger partial charge in [0.25, 0.3) is 0 Å². The van der Waals surface area contributed by atoms with Crippen LogP contribution in [0.25, 0.3) is 0 Å². The van der Waals surface area contributed by atoms with E-state index in [9.17, 15) is 10.1 Å². The van der Waals surface area contributed by atoms with Crippen molar-refractivity contribution in [2.45, 2.75) is 26.5 Å². The number of amides is 1. The normalized spacial score (nSPS) is 11.5. The van der Waals surface area contributed by atoms with E-state index < -0.39 is 6.09 Å². The zero-order valence-electron chi connectivity index (χ0n) is 14.9. The number of nitrogens with one attached hydrogen (secondary N) is 1. The van der Waals surface area contributed by atoms with Crippen molar-refractivity contribution >= 4 is 11.8 Å². The molecule has 0 saturated heterocycles. The van der Waals surface area contributed by atoms with E-state index in [1.54, 1.807) is 18.2 Å². The zero-order chi connectivity index (χ0) is 18.9. The van der Waals surface area contributed by atoms with Crippen LogP contribution in [0, 0.1) is 17.2 Å².